The summed E-state index contributed by atoms with van der Waals surface area (Å²) in [6.07, 6.45) is 4.29. The third-order valence-corrected chi connectivity index (χ3v) is 7.11. The van der Waals surface area contributed by atoms with Crippen LogP contribution in [0, 0.1) is 30.0 Å². The van der Waals surface area contributed by atoms with Crippen molar-refractivity contribution >= 4 is 17.5 Å². The Kier molecular flexibility index (Phi) is 7.28. The minimum absolute atomic E-state index is 0.109. The zero-order valence-electron chi connectivity index (χ0n) is 19.8. The number of piperazine rings is 1. The van der Waals surface area contributed by atoms with Crippen molar-refractivity contribution in [3.05, 3.63) is 64.5 Å². The van der Waals surface area contributed by atoms with Gasteiger partial charge in [-0.25, -0.2) is 4.39 Å². The van der Waals surface area contributed by atoms with Crippen LogP contribution in [0.5, 0.6) is 0 Å². The van der Waals surface area contributed by atoms with Crippen LogP contribution < -0.4 is 5.32 Å². The summed E-state index contributed by atoms with van der Waals surface area (Å²) in [5, 5.41) is 12.1. The number of halogens is 1. The van der Waals surface area contributed by atoms with Gasteiger partial charge in [-0.2, -0.15) is 5.26 Å². The van der Waals surface area contributed by atoms with Crippen molar-refractivity contribution in [1.29, 1.82) is 5.26 Å². The average molecular weight is 463 g/mol. The number of nitrogens with one attached hydrogen (secondary N) is 1. The summed E-state index contributed by atoms with van der Waals surface area (Å²) in [5.41, 5.74) is 2.52. The number of hydrogen-bond acceptors (Lipinski definition) is 4. The maximum Gasteiger partial charge on any atom is 0.257 e. The highest BCUT2D eigenvalue weighted by molar-refractivity contribution is 6.06. The minimum Gasteiger partial charge on any atom is -0.337 e. The Balaban J connectivity index is 1.45. The molecule has 1 unspecified atom stereocenters. The Morgan fingerprint density at radius 2 is 1.91 bits per heavy atom. The van der Waals surface area contributed by atoms with Gasteiger partial charge in [0.1, 0.15) is 5.82 Å². The van der Waals surface area contributed by atoms with E-state index in [0.717, 1.165) is 49.9 Å². The highest BCUT2D eigenvalue weighted by Crippen LogP contribution is 2.29. The molecule has 7 heteroatoms. The van der Waals surface area contributed by atoms with Crippen LogP contribution in [-0.4, -0.2) is 47.3 Å². The number of amides is 2. The first-order valence-corrected chi connectivity index (χ1v) is 12.0. The summed E-state index contributed by atoms with van der Waals surface area (Å²) >= 11 is 0. The molecule has 1 aliphatic carbocycles. The van der Waals surface area contributed by atoms with Crippen molar-refractivity contribution in [1.82, 2.24) is 9.80 Å². The average Bonchev–Trinajstić information content (AvgIpc) is 3.37. The molecule has 1 saturated carbocycles. The van der Waals surface area contributed by atoms with E-state index in [9.17, 15) is 19.2 Å². The lowest BCUT2D eigenvalue weighted by atomic mass is 10.0. The summed E-state index contributed by atoms with van der Waals surface area (Å²) in [7, 11) is 0. The summed E-state index contributed by atoms with van der Waals surface area (Å²) < 4.78 is 14.5. The van der Waals surface area contributed by atoms with E-state index in [-0.39, 0.29) is 29.0 Å². The molecular formula is C27H31FN4O2. The van der Waals surface area contributed by atoms with Gasteiger partial charge in [0.15, 0.2) is 0 Å². The molecule has 34 heavy (non-hydrogen) atoms. The van der Waals surface area contributed by atoms with Gasteiger partial charge in [-0.3, -0.25) is 14.5 Å². The van der Waals surface area contributed by atoms with Gasteiger partial charge >= 0.3 is 0 Å². The second kappa shape index (κ2) is 10.4. The smallest absolute Gasteiger partial charge is 0.257 e. The lowest BCUT2D eigenvalue weighted by Crippen LogP contribution is -2.54. The highest BCUT2D eigenvalue weighted by Gasteiger charge is 2.33. The number of benzene rings is 2. The maximum absolute atomic E-state index is 14.5. The van der Waals surface area contributed by atoms with Crippen molar-refractivity contribution in [2.24, 2.45) is 5.92 Å². The molecule has 0 bridgehead atoms. The van der Waals surface area contributed by atoms with Crippen LogP contribution in [0.1, 0.15) is 59.7 Å². The van der Waals surface area contributed by atoms with Crippen LogP contribution in [0.4, 0.5) is 10.1 Å². The molecule has 6 nitrogen and oxygen atoms in total. The standard InChI is InChI=1S/C27H31FN4O2/c1-18-16-31(11-12-32(18)27(34)20-7-3-4-8-20)17-22-13-23(28)14-25(19(22)2)30-26(33)24-10-6-5-9-21(24)15-29/h5-6,9-10,13-14,18,20H,3-4,7-8,11-12,16-17H2,1-2H3,(H,30,33). The van der Waals surface area contributed by atoms with Gasteiger partial charge in [0.2, 0.25) is 5.91 Å². The quantitative estimate of drug-likeness (QED) is 0.711. The fraction of sp³-hybridized carbons (Fsp3) is 0.444. The monoisotopic (exact) mass is 462 g/mol. The Labute approximate surface area is 200 Å². The van der Waals surface area contributed by atoms with Gasteiger partial charge < -0.3 is 10.2 Å². The van der Waals surface area contributed by atoms with E-state index < -0.39 is 11.7 Å². The summed E-state index contributed by atoms with van der Waals surface area (Å²) in [4.78, 5) is 29.9. The van der Waals surface area contributed by atoms with E-state index in [1.54, 1.807) is 24.3 Å². The third kappa shape index (κ3) is 5.13. The zero-order chi connectivity index (χ0) is 24.2. The normalized spacial score (nSPS) is 19.1. The molecule has 1 saturated heterocycles. The molecule has 4 rings (SSSR count). The molecule has 1 N–H and O–H groups in total. The fourth-order valence-corrected chi connectivity index (χ4v) is 5.15. The largest absolute Gasteiger partial charge is 0.337 e. The van der Waals surface area contributed by atoms with E-state index >= 15 is 0 Å². The Morgan fingerprint density at radius 3 is 2.62 bits per heavy atom. The summed E-state index contributed by atoms with van der Waals surface area (Å²) in [5.74, 6) is -0.400. The van der Waals surface area contributed by atoms with E-state index in [1.165, 1.54) is 12.1 Å². The van der Waals surface area contributed by atoms with Crippen LogP contribution in [-0.2, 0) is 11.3 Å². The Bertz CT molecular complexity index is 1120. The predicted octanol–water partition coefficient (Wildman–Crippen LogP) is 4.48. The molecule has 1 heterocycles. The van der Waals surface area contributed by atoms with Crippen LogP contribution in [0.15, 0.2) is 36.4 Å². The number of nitrogens with zero attached hydrogens (tertiary/aromatic N) is 3. The summed E-state index contributed by atoms with van der Waals surface area (Å²) in [6.45, 7) is 6.62. The van der Waals surface area contributed by atoms with Crippen LogP contribution >= 0.6 is 0 Å². The first-order chi connectivity index (χ1) is 16.4. The number of anilines is 1. The summed E-state index contributed by atoms with van der Waals surface area (Å²) in [6, 6.07) is 11.5. The second-order valence-corrected chi connectivity index (χ2v) is 9.45. The molecule has 1 atom stereocenters. The first kappa shape index (κ1) is 23.9. The van der Waals surface area contributed by atoms with Crippen LogP contribution in [0.3, 0.4) is 0 Å². The third-order valence-electron chi connectivity index (χ3n) is 7.11. The van der Waals surface area contributed by atoms with Crippen molar-refractivity contribution in [2.45, 2.75) is 52.1 Å². The van der Waals surface area contributed by atoms with Crippen molar-refractivity contribution < 1.29 is 14.0 Å². The SMILES string of the molecule is Cc1c(CN2CCN(C(=O)C3CCCC3)C(C)C2)cc(F)cc1NC(=O)c1ccccc1C#N. The minimum atomic E-state index is -0.440. The number of hydrogen-bond donors (Lipinski definition) is 1. The number of carbonyl (C=O) groups is 2. The molecule has 2 amide bonds. The maximum atomic E-state index is 14.5. The molecule has 2 fully saturated rings. The van der Waals surface area contributed by atoms with Crippen LogP contribution in [0.25, 0.3) is 0 Å². The van der Waals surface area contributed by atoms with E-state index in [1.807, 2.05) is 17.9 Å². The van der Waals surface area contributed by atoms with E-state index in [4.69, 9.17) is 0 Å². The number of rotatable bonds is 5. The van der Waals surface area contributed by atoms with Gasteiger partial charge in [-0.1, -0.05) is 25.0 Å². The van der Waals surface area contributed by atoms with Gasteiger partial charge in [0, 0.05) is 43.8 Å². The molecule has 2 aliphatic rings. The van der Waals surface area contributed by atoms with Gasteiger partial charge in [-0.05, 0) is 62.1 Å². The zero-order valence-corrected chi connectivity index (χ0v) is 19.8. The molecule has 1 aliphatic heterocycles. The van der Waals surface area contributed by atoms with Gasteiger partial charge in [0.05, 0.1) is 17.2 Å². The molecule has 0 radical (unpaired) electrons. The Hall–Kier alpha value is -3.24. The highest BCUT2D eigenvalue weighted by atomic mass is 19.1. The molecule has 2 aromatic carbocycles. The first-order valence-electron chi connectivity index (χ1n) is 12.0. The molecule has 178 valence electrons. The number of carbonyl (C=O) groups excluding carboxylic acids is 2. The van der Waals surface area contributed by atoms with Crippen molar-refractivity contribution in [2.75, 3.05) is 25.0 Å². The molecular weight excluding hydrogens is 431 g/mol. The van der Waals surface area contributed by atoms with Gasteiger partial charge in [0.25, 0.3) is 5.91 Å². The topological polar surface area (TPSA) is 76.4 Å². The fourth-order valence-electron chi connectivity index (χ4n) is 5.15. The Morgan fingerprint density at radius 1 is 1.18 bits per heavy atom. The lowest BCUT2D eigenvalue weighted by Gasteiger charge is -2.41. The molecule has 2 aromatic rings. The van der Waals surface area contributed by atoms with E-state index in [2.05, 4.69) is 17.1 Å². The number of nitriles is 1. The van der Waals surface area contributed by atoms with E-state index in [0.29, 0.717) is 18.8 Å². The molecule has 0 spiro atoms. The van der Waals surface area contributed by atoms with Crippen molar-refractivity contribution in [3.8, 4) is 6.07 Å². The van der Waals surface area contributed by atoms with Gasteiger partial charge in [-0.15, -0.1) is 0 Å². The van der Waals surface area contributed by atoms with Crippen LogP contribution in [0.2, 0.25) is 0 Å². The van der Waals surface area contributed by atoms with Crippen molar-refractivity contribution in [3.63, 3.8) is 0 Å². The molecule has 0 aromatic heterocycles. The lowest BCUT2D eigenvalue weighted by molar-refractivity contribution is -0.140. The second-order valence-electron chi connectivity index (χ2n) is 9.45. The predicted molar refractivity (Wildman–Crippen MR) is 129 cm³/mol.